The minimum atomic E-state index is -3.91. The summed E-state index contributed by atoms with van der Waals surface area (Å²) in [5.41, 5.74) is 2.06. The molecule has 0 bridgehead atoms. The molecule has 0 saturated heterocycles. The predicted octanol–water partition coefficient (Wildman–Crippen LogP) is 3.31. The maximum absolute atomic E-state index is 13.0. The van der Waals surface area contributed by atoms with E-state index >= 15 is 0 Å². The first-order chi connectivity index (χ1) is 14.2. The summed E-state index contributed by atoms with van der Waals surface area (Å²) in [4.78, 5) is 26.2. The maximum atomic E-state index is 13.0. The lowest BCUT2D eigenvalue weighted by Crippen LogP contribution is -2.33. The monoisotopic (exact) mass is 429 g/mol. The van der Waals surface area contributed by atoms with Crippen LogP contribution in [0.5, 0.6) is 0 Å². The van der Waals surface area contributed by atoms with Gasteiger partial charge in [-0.1, -0.05) is 19.1 Å². The smallest absolute Gasteiger partial charge is 0.261 e. The van der Waals surface area contributed by atoms with E-state index in [-0.39, 0.29) is 34.0 Å². The Labute approximate surface area is 177 Å². The average molecular weight is 430 g/mol. The van der Waals surface area contributed by atoms with Crippen LogP contribution in [0, 0.1) is 0 Å². The number of carbonyl (C=O) groups excluding carboxylic acids is 2. The van der Waals surface area contributed by atoms with Crippen molar-refractivity contribution in [2.75, 3.05) is 16.2 Å². The van der Waals surface area contributed by atoms with Crippen LogP contribution in [-0.2, 0) is 21.2 Å². The van der Waals surface area contributed by atoms with Crippen molar-refractivity contribution in [3.8, 4) is 0 Å². The van der Waals surface area contributed by atoms with Gasteiger partial charge in [0, 0.05) is 25.2 Å². The third-order valence-electron chi connectivity index (χ3n) is 5.27. The minimum Gasteiger partial charge on any atom is -0.350 e. The van der Waals surface area contributed by atoms with Gasteiger partial charge in [-0.05, 0) is 62.1 Å². The van der Waals surface area contributed by atoms with Crippen molar-refractivity contribution in [1.82, 2.24) is 5.32 Å². The molecule has 0 aliphatic carbocycles. The van der Waals surface area contributed by atoms with Crippen molar-refractivity contribution in [2.45, 2.75) is 51.0 Å². The van der Waals surface area contributed by atoms with E-state index in [2.05, 4.69) is 10.0 Å². The van der Waals surface area contributed by atoms with Crippen LogP contribution >= 0.6 is 0 Å². The number of amides is 2. The Kier molecular flexibility index (Phi) is 6.45. The molecule has 2 aromatic rings. The number of para-hydroxylation sites is 1. The van der Waals surface area contributed by atoms with Gasteiger partial charge >= 0.3 is 0 Å². The van der Waals surface area contributed by atoms with Crippen LogP contribution in [0.2, 0.25) is 0 Å². The molecule has 1 aliphatic heterocycles. The van der Waals surface area contributed by atoms with Gasteiger partial charge in [-0.3, -0.25) is 14.3 Å². The molecule has 0 fully saturated rings. The summed E-state index contributed by atoms with van der Waals surface area (Å²) in [7, 11) is -3.91. The van der Waals surface area contributed by atoms with Gasteiger partial charge in [-0.15, -0.1) is 0 Å². The number of aryl methyl sites for hydroxylation is 1. The highest BCUT2D eigenvalue weighted by molar-refractivity contribution is 7.92. The van der Waals surface area contributed by atoms with E-state index in [0.717, 1.165) is 24.1 Å². The number of nitrogens with one attached hydrogen (secondary N) is 2. The van der Waals surface area contributed by atoms with Gasteiger partial charge in [0.2, 0.25) is 5.91 Å². The molecule has 0 saturated carbocycles. The molecule has 1 heterocycles. The van der Waals surface area contributed by atoms with Crippen molar-refractivity contribution in [3.05, 3.63) is 53.6 Å². The Morgan fingerprint density at radius 2 is 1.90 bits per heavy atom. The fraction of sp³-hybridized carbons (Fsp3) is 0.364. The molecule has 0 radical (unpaired) electrons. The molecule has 2 amide bonds. The summed E-state index contributed by atoms with van der Waals surface area (Å²) < 4.78 is 28.6. The zero-order valence-corrected chi connectivity index (χ0v) is 18.3. The standard InChI is InChI=1S/C22H27N3O4S/c1-4-15(2)23-22(27)19-9-5-6-10-20(19)24-30(28,29)18-11-12-21-17(14-18)8-7-13-25(21)16(3)26/h5-6,9-12,14-15,24H,4,7-8,13H2,1-3H3,(H,23,27)/t15-/m1/s1. The normalized spacial score (nSPS) is 14.6. The number of carbonyl (C=O) groups is 2. The molecule has 30 heavy (non-hydrogen) atoms. The Morgan fingerprint density at radius 3 is 2.60 bits per heavy atom. The molecule has 2 N–H and O–H groups in total. The molecular weight excluding hydrogens is 402 g/mol. The Hall–Kier alpha value is -2.87. The van der Waals surface area contributed by atoms with Gasteiger partial charge in [-0.2, -0.15) is 0 Å². The number of hydrogen-bond acceptors (Lipinski definition) is 4. The Morgan fingerprint density at radius 1 is 1.17 bits per heavy atom. The van der Waals surface area contributed by atoms with Crippen molar-refractivity contribution in [1.29, 1.82) is 0 Å². The lowest BCUT2D eigenvalue weighted by atomic mass is 10.0. The first kappa shape index (κ1) is 21.8. The Balaban J connectivity index is 1.90. The molecule has 0 spiro atoms. The summed E-state index contributed by atoms with van der Waals surface area (Å²) in [5.74, 6) is -0.392. The predicted molar refractivity (Wildman–Crippen MR) is 117 cm³/mol. The largest absolute Gasteiger partial charge is 0.350 e. The highest BCUT2D eigenvalue weighted by Gasteiger charge is 2.24. The number of nitrogens with zero attached hydrogens (tertiary/aromatic N) is 1. The minimum absolute atomic E-state index is 0.0213. The van der Waals surface area contributed by atoms with Crippen LogP contribution in [0.25, 0.3) is 0 Å². The molecule has 7 nitrogen and oxygen atoms in total. The van der Waals surface area contributed by atoms with Crippen LogP contribution in [0.1, 0.15) is 49.5 Å². The quantitative estimate of drug-likeness (QED) is 0.736. The molecule has 3 rings (SSSR count). The van der Waals surface area contributed by atoms with E-state index < -0.39 is 10.0 Å². The number of benzene rings is 2. The van der Waals surface area contributed by atoms with E-state index in [0.29, 0.717) is 13.0 Å². The highest BCUT2D eigenvalue weighted by Crippen LogP contribution is 2.30. The third kappa shape index (κ3) is 4.64. The molecular formula is C22H27N3O4S. The lowest BCUT2D eigenvalue weighted by Gasteiger charge is -2.28. The van der Waals surface area contributed by atoms with Crippen LogP contribution in [-0.4, -0.2) is 32.8 Å². The SMILES string of the molecule is CC[C@@H](C)NC(=O)c1ccccc1NS(=O)(=O)c1ccc2c(c1)CCCN2C(C)=O. The fourth-order valence-electron chi connectivity index (χ4n) is 3.45. The van der Waals surface area contributed by atoms with E-state index in [1.54, 1.807) is 41.3 Å². The molecule has 160 valence electrons. The zero-order chi connectivity index (χ0) is 21.9. The van der Waals surface area contributed by atoms with E-state index in [1.807, 2.05) is 13.8 Å². The van der Waals surface area contributed by atoms with Gasteiger partial charge in [0.25, 0.3) is 15.9 Å². The highest BCUT2D eigenvalue weighted by atomic mass is 32.2. The molecule has 0 aromatic heterocycles. The number of hydrogen-bond donors (Lipinski definition) is 2. The van der Waals surface area contributed by atoms with Crippen LogP contribution in [0.4, 0.5) is 11.4 Å². The summed E-state index contributed by atoms with van der Waals surface area (Å²) in [6.07, 6.45) is 2.25. The third-order valence-corrected chi connectivity index (χ3v) is 6.63. The van der Waals surface area contributed by atoms with E-state index in [9.17, 15) is 18.0 Å². The lowest BCUT2D eigenvalue weighted by molar-refractivity contribution is -0.116. The van der Waals surface area contributed by atoms with Gasteiger partial charge in [-0.25, -0.2) is 8.42 Å². The van der Waals surface area contributed by atoms with Crippen molar-refractivity contribution < 1.29 is 18.0 Å². The van der Waals surface area contributed by atoms with Crippen LogP contribution in [0.3, 0.4) is 0 Å². The van der Waals surface area contributed by atoms with Crippen LogP contribution < -0.4 is 14.9 Å². The van der Waals surface area contributed by atoms with Gasteiger partial charge in [0.15, 0.2) is 0 Å². The van der Waals surface area contributed by atoms with Crippen molar-refractivity contribution in [3.63, 3.8) is 0 Å². The number of anilines is 2. The summed E-state index contributed by atoms with van der Waals surface area (Å²) in [5, 5.41) is 2.86. The first-order valence-corrected chi connectivity index (χ1v) is 11.5. The van der Waals surface area contributed by atoms with Crippen molar-refractivity contribution in [2.24, 2.45) is 0 Å². The second-order valence-electron chi connectivity index (χ2n) is 7.50. The number of sulfonamides is 1. The Bertz CT molecular complexity index is 1070. The first-order valence-electron chi connectivity index (χ1n) is 10.1. The molecule has 2 aromatic carbocycles. The zero-order valence-electron chi connectivity index (χ0n) is 17.4. The molecule has 1 aliphatic rings. The van der Waals surface area contributed by atoms with E-state index in [1.165, 1.54) is 13.0 Å². The van der Waals surface area contributed by atoms with Gasteiger partial charge < -0.3 is 10.2 Å². The molecule has 1 atom stereocenters. The summed E-state index contributed by atoms with van der Waals surface area (Å²) in [6, 6.07) is 11.3. The number of rotatable bonds is 6. The second kappa shape index (κ2) is 8.87. The maximum Gasteiger partial charge on any atom is 0.261 e. The second-order valence-corrected chi connectivity index (χ2v) is 9.18. The molecule has 8 heteroatoms. The van der Waals surface area contributed by atoms with Gasteiger partial charge in [0.1, 0.15) is 0 Å². The van der Waals surface area contributed by atoms with Crippen molar-refractivity contribution >= 4 is 33.2 Å². The fourth-order valence-corrected chi connectivity index (χ4v) is 4.58. The summed E-state index contributed by atoms with van der Waals surface area (Å²) in [6.45, 7) is 5.99. The van der Waals surface area contributed by atoms with Crippen LogP contribution in [0.15, 0.2) is 47.4 Å². The topological polar surface area (TPSA) is 95.6 Å². The summed E-state index contributed by atoms with van der Waals surface area (Å²) >= 11 is 0. The van der Waals surface area contributed by atoms with Gasteiger partial charge in [0.05, 0.1) is 16.1 Å². The average Bonchev–Trinajstić information content (AvgIpc) is 2.72. The van der Waals surface area contributed by atoms with E-state index in [4.69, 9.17) is 0 Å². The molecule has 0 unspecified atom stereocenters. The number of fused-ring (bicyclic) bond motifs is 1.